The maximum Gasteiger partial charge on any atom is 0.324 e. The monoisotopic (exact) mass is 249 g/mol. The van der Waals surface area contributed by atoms with Crippen molar-refractivity contribution in [1.29, 1.82) is 0 Å². The Morgan fingerprint density at radius 1 is 1.47 bits per heavy atom. The summed E-state index contributed by atoms with van der Waals surface area (Å²) in [6.07, 6.45) is 0. The molecule has 2 rings (SSSR count). The molecule has 0 saturated carbocycles. The maximum atomic E-state index is 11.2. The van der Waals surface area contributed by atoms with Crippen LogP contribution in [0.1, 0.15) is 25.3 Å². The molecule has 90 valence electrons. The second kappa shape index (κ2) is 4.13. The first-order valence-corrected chi connectivity index (χ1v) is 6.31. The van der Waals surface area contributed by atoms with Gasteiger partial charge in [-0.05, 0) is 29.3 Å². The van der Waals surface area contributed by atoms with Gasteiger partial charge in [0.2, 0.25) is 0 Å². The van der Waals surface area contributed by atoms with Crippen molar-refractivity contribution in [1.82, 2.24) is 0 Å². The predicted molar refractivity (Wildman–Crippen MR) is 70.5 cm³/mol. The van der Waals surface area contributed by atoms with Crippen molar-refractivity contribution < 1.29 is 9.90 Å². The molecule has 1 aromatic heterocycles. The van der Waals surface area contributed by atoms with E-state index in [9.17, 15) is 4.79 Å². The van der Waals surface area contributed by atoms with E-state index in [4.69, 9.17) is 10.8 Å². The number of hydrogen-bond acceptors (Lipinski definition) is 3. The minimum atomic E-state index is -1.25. The second-order valence-corrected chi connectivity index (χ2v) is 5.41. The van der Waals surface area contributed by atoms with Gasteiger partial charge in [-0.3, -0.25) is 4.79 Å². The Bertz CT molecular complexity index is 559. The van der Waals surface area contributed by atoms with Gasteiger partial charge in [-0.1, -0.05) is 25.1 Å². The summed E-state index contributed by atoms with van der Waals surface area (Å²) in [5.41, 5.74) is 5.66. The molecule has 0 aliphatic heterocycles. The Balaban J connectivity index is 2.50. The Morgan fingerprint density at radius 3 is 2.76 bits per heavy atom. The zero-order chi connectivity index (χ0) is 12.6. The van der Waals surface area contributed by atoms with Crippen LogP contribution in [0.2, 0.25) is 0 Å². The van der Waals surface area contributed by atoms with Crippen molar-refractivity contribution in [3.63, 3.8) is 0 Å². The first-order chi connectivity index (χ1) is 7.94. The van der Waals surface area contributed by atoms with Crippen LogP contribution >= 0.6 is 11.3 Å². The largest absolute Gasteiger partial charge is 0.480 e. The molecule has 4 heteroatoms. The molecule has 3 nitrogen and oxygen atoms in total. The number of carbonyl (C=O) groups is 1. The van der Waals surface area contributed by atoms with E-state index in [1.165, 1.54) is 0 Å². The van der Waals surface area contributed by atoms with E-state index >= 15 is 0 Å². The third kappa shape index (κ3) is 1.94. The summed E-state index contributed by atoms with van der Waals surface area (Å²) in [5, 5.41) is 12.3. The van der Waals surface area contributed by atoms with Crippen LogP contribution in [0.25, 0.3) is 10.1 Å². The number of thiophene rings is 1. The molecule has 2 aromatic rings. The smallest absolute Gasteiger partial charge is 0.324 e. The van der Waals surface area contributed by atoms with Gasteiger partial charge in [0.15, 0.2) is 0 Å². The van der Waals surface area contributed by atoms with Crippen LogP contribution in [-0.2, 0) is 4.79 Å². The van der Waals surface area contributed by atoms with Crippen LogP contribution in [0.4, 0.5) is 0 Å². The molecule has 0 bridgehead atoms. The summed E-state index contributed by atoms with van der Waals surface area (Å²) >= 11 is 1.62. The zero-order valence-corrected chi connectivity index (χ0v) is 10.6. The van der Waals surface area contributed by atoms with Crippen molar-refractivity contribution in [2.24, 2.45) is 5.73 Å². The fourth-order valence-corrected chi connectivity index (χ4v) is 2.90. The molecule has 0 radical (unpaired) electrons. The van der Waals surface area contributed by atoms with E-state index in [2.05, 4.69) is 0 Å². The molecule has 0 fully saturated rings. The van der Waals surface area contributed by atoms with Crippen LogP contribution < -0.4 is 5.73 Å². The highest BCUT2D eigenvalue weighted by Gasteiger charge is 2.36. The van der Waals surface area contributed by atoms with E-state index < -0.39 is 11.5 Å². The van der Waals surface area contributed by atoms with Crippen LogP contribution in [0.5, 0.6) is 0 Å². The van der Waals surface area contributed by atoms with Gasteiger partial charge < -0.3 is 10.8 Å². The molecule has 0 aliphatic rings. The number of nitrogens with two attached hydrogens (primary N) is 1. The highest BCUT2D eigenvalue weighted by Crippen LogP contribution is 2.35. The summed E-state index contributed by atoms with van der Waals surface area (Å²) in [7, 11) is 0. The molecular formula is C13H15NO2S. The van der Waals surface area contributed by atoms with Gasteiger partial charge in [0.05, 0.1) is 0 Å². The molecule has 2 atom stereocenters. The summed E-state index contributed by atoms with van der Waals surface area (Å²) in [6.45, 7) is 3.43. The summed E-state index contributed by atoms with van der Waals surface area (Å²) in [5.74, 6) is -1.20. The number of fused-ring (bicyclic) bond motifs is 1. The van der Waals surface area contributed by atoms with Gasteiger partial charge in [0.25, 0.3) is 0 Å². The van der Waals surface area contributed by atoms with Crippen LogP contribution in [-0.4, -0.2) is 16.6 Å². The number of aliphatic carboxylic acids is 1. The first-order valence-electron chi connectivity index (χ1n) is 5.43. The lowest BCUT2D eigenvalue weighted by Crippen LogP contribution is -2.49. The SMILES string of the molecule is CC(c1csc2ccccc12)C(C)(N)C(=O)O. The summed E-state index contributed by atoms with van der Waals surface area (Å²) < 4.78 is 1.16. The standard InChI is InChI=1S/C13H15NO2S/c1-8(13(2,14)12(15)16)10-7-17-11-6-4-3-5-9(10)11/h3-8H,14H2,1-2H3,(H,15,16). The molecule has 0 aliphatic carbocycles. The van der Waals surface area contributed by atoms with E-state index in [1.807, 2.05) is 36.6 Å². The average Bonchev–Trinajstić information content (AvgIpc) is 2.71. The van der Waals surface area contributed by atoms with Gasteiger partial charge in [0, 0.05) is 10.6 Å². The second-order valence-electron chi connectivity index (χ2n) is 4.50. The van der Waals surface area contributed by atoms with E-state index in [0.717, 1.165) is 15.6 Å². The molecule has 0 amide bonds. The Labute approximate surface area is 104 Å². The molecule has 1 heterocycles. The number of rotatable bonds is 3. The van der Waals surface area contributed by atoms with Crippen molar-refractivity contribution >= 4 is 27.4 Å². The van der Waals surface area contributed by atoms with Gasteiger partial charge in [0.1, 0.15) is 5.54 Å². The number of benzene rings is 1. The summed E-state index contributed by atoms with van der Waals surface area (Å²) in [6, 6.07) is 7.98. The molecule has 17 heavy (non-hydrogen) atoms. The lowest BCUT2D eigenvalue weighted by atomic mass is 9.83. The topological polar surface area (TPSA) is 63.3 Å². The quantitative estimate of drug-likeness (QED) is 0.879. The van der Waals surface area contributed by atoms with Crippen LogP contribution in [0.15, 0.2) is 29.6 Å². The molecule has 2 unspecified atom stereocenters. The summed E-state index contributed by atoms with van der Waals surface area (Å²) in [4.78, 5) is 11.2. The normalized spacial score (nSPS) is 16.6. The van der Waals surface area contributed by atoms with Crippen LogP contribution in [0.3, 0.4) is 0 Å². The molecule has 1 aromatic carbocycles. The van der Waals surface area contributed by atoms with E-state index in [1.54, 1.807) is 18.3 Å². The minimum Gasteiger partial charge on any atom is -0.480 e. The Morgan fingerprint density at radius 2 is 2.12 bits per heavy atom. The van der Waals surface area contributed by atoms with Crippen molar-refractivity contribution in [3.8, 4) is 0 Å². The fourth-order valence-electron chi connectivity index (χ4n) is 1.84. The number of hydrogen-bond donors (Lipinski definition) is 2. The Hall–Kier alpha value is -1.39. The van der Waals surface area contributed by atoms with Gasteiger partial charge >= 0.3 is 5.97 Å². The fraction of sp³-hybridized carbons (Fsp3) is 0.308. The number of carboxylic acids is 1. The Kier molecular flexibility index (Phi) is 2.93. The maximum absolute atomic E-state index is 11.2. The highest BCUT2D eigenvalue weighted by molar-refractivity contribution is 7.17. The van der Waals surface area contributed by atoms with Crippen molar-refractivity contribution in [2.75, 3.05) is 0 Å². The molecule has 0 saturated heterocycles. The molecule has 3 N–H and O–H groups in total. The van der Waals surface area contributed by atoms with Gasteiger partial charge in [-0.25, -0.2) is 0 Å². The minimum absolute atomic E-state index is 0.226. The van der Waals surface area contributed by atoms with Gasteiger partial charge in [-0.2, -0.15) is 0 Å². The first kappa shape index (κ1) is 12.1. The van der Waals surface area contributed by atoms with Crippen molar-refractivity contribution in [2.45, 2.75) is 25.3 Å². The lowest BCUT2D eigenvalue weighted by Gasteiger charge is -2.26. The van der Waals surface area contributed by atoms with Crippen LogP contribution in [0, 0.1) is 0 Å². The van der Waals surface area contributed by atoms with E-state index in [-0.39, 0.29) is 5.92 Å². The van der Waals surface area contributed by atoms with E-state index in [0.29, 0.717) is 0 Å². The van der Waals surface area contributed by atoms with Crippen molar-refractivity contribution in [3.05, 3.63) is 35.2 Å². The predicted octanol–water partition coefficient (Wildman–Crippen LogP) is 2.81. The van der Waals surface area contributed by atoms with Gasteiger partial charge in [-0.15, -0.1) is 11.3 Å². The third-order valence-electron chi connectivity index (χ3n) is 3.34. The zero-order valence-electron chi connectivity index (χ0n) is 9.81. The molecular weight excluding hydrogens is 234 g/mol. The third-order valence-corrected chi connectivity index (χ3v) is 4.32. The highest BCUT2D eigenvalue weighted by atomic mass is 32.1. The molecule has 0 spiro atoms. The average molecular weight is 249 g/mol. The lowest BCUT2D eigenvalue weighted by molar-refractivity contribution is -0.143. The number of carboxylic acid groups (broad SMARTS) is 1.